The van der Waals surface area contributed by atoms with E-state index in [-0.39, 0.29) is 0 Å². The van der Waals surface area contributed by atoms with E-state index in [4.69, 9.17) is 0 Å². The lowest BCUT2D eigenvalue weighted by atomic mass is 10.1. The van der Waals surface area contributed by atoms with Gasteiger partial charge in [0.15, 0.2) is 0 Å². The molecular weight excluding hydrogens is 316 g/mol. The van der Waals surface area contributed by atoms with Gasteiger partial charge in [-0.25, -0.2) is 0 Å². The average Bonchev–Trinajstić information content (AvgIpc) is 2.33. The molecule has 0 bridgehead atoms. The van der Waals surface area contributed by atoms with Gasteiger partial charge in [0.2, 0.25) is 0 Å². The van der Waals surface area contributed by atoms with Gasteiger partial charge in [-0.2, -0.15) is 0 Å². The molecule has 0 aliphatic rings. The van der Waals surface area contributed by atoms with Crippen LogP contribution in [-0.4, -0.2) is 30.8 Å². The van der Waals surface area contributed by atoms with E-state index in [9.17, 15) is 5.11 Å². The van der Waals surface area contributed by atoms with Crippen LogP contribution in [0.4, 0.5) is 5.69 Å². The smallest absolute Gasteiger partial charge is 0.0765 e. The lowest BCUT2D eigenvalue weighted by Gasteiger charge is -2.28. The molecule has 4 heteroatoms. The molecule has 0 aliphatic carbocycles. The van der Waals surface area contributed by atoms with Crippen LogP contribution < -0.4 is 10.2 Å². The zero-order chi connectivity index (χ0) is 15.3. The summed E-state index contributed by atoms with van der Waals surface area (Å²) in [5.41, 5.74) is 1.67. The summed E-state index contributed by atoms with van der Waals surface area (Å²) in [6.45, 7) is 9.61. The van der Waals surface area contributed by atoms with Gasteiger partial charge in [0.25, 0.3) is 0 Å². The first-order valence-electron chi connectivity index (χ1n) is 7.21. The van der Waals surface area contributed by atoms with Crippen molar-refractivity contribution in [3.63, 3.8) is 0 Å². The molecule has 1 aromatic carbocycles. The molecule has 0 amide bonds. The van der Waals surface area contributed by atoms with E-state index in [1.807, 2.05) is 20.9 Å². The standard InChI is InChI=1S/C16H27BrN2O/c1-6-9-18-12(2)14-8-7-13(10-15(14)17)19(5)11-16(3,4)20/h7-8,10,12,18,20H,6,9,11H2,1-5H3. The number of aliphatic hydroxyl groups is 1. The van der Waals surface area contributed by atoms with Crippen LogP contribution in [0.1, 0.15) is 45.7 Å². The Morgan fingerprint density at radius 3 is 2.55 bits per heavy atom. The molecule has 3 nitrogen and oxygen atoms in total. The molecule has 1 aromatic rings. The maximum absolute atomic E-state index is 9.90. The molecule has 1 atom stereocenters. The van der Waals surface area contributed by atoms with Gasteiger partial charge < -0.3 is 15.3 Å². The first-order valence-corrected chi connectivity index (χ1v) is 8.00. The molecule has 1 rings (SSSR count). The highest BCUT2D eigenvalue weighted by atomic mass is 79.9. The van der Waals surface area contributed by atoms with E-state index >= 15 is 0 Å². The minimum atomic E-state index is -0.699. The number of rotatable bonds is 7. The zero-order valence-electron chi connectivity index (χ0n) is 13.2. The summed E-state index contributed by atoms with van der Waals surface area (Å²) in [5.74, 6) is 0. The number of likely N-dealkylation sites (N-methyl/N-ethyl adjacent to an activating group) is 1. The fourth-order valence-corrected chi connectivity index (χ4v) is 2.96. The molecule has 0 fully saturated rings. The third-order valence-electron chi connectivity index (χ3n) is 3.22. The molecule has 0 aliphatic heterocycles. The van der Waals surface area contributed by atoms with Crippen molar-refractivity contribution < 1.29 is 5.11 Å². The van der Waals surface area contributed by atoms with E-state index < -0.39 is 5.60 Å². The van der Waals surface area contributed by atoms with Crippen molar-refractivity contribution in [1.82, 2.24) is 5.32 Å². The summed E-state index contributed by atoms with van der Waals surface area (Å²) in [6.07, 6.45) is 1.13. The monoisotopic (exact) mass is 342 g/mol. The topological polar surface area (TPSA) is 35.5 Å². The molecule has 0 saturated carbocycles. The molecule has 2 N–H and O–H groups in total. The molecule has 1 unspecified atom stereocenters. The Bertz CT molecular complexity index is 429. The predicted molar refractivity (Wildman–Crippen MR) is 90.4 cm³/mol. The van der Waals surface area contributed by atoms with Gasteiger partial charge in [-0.05, 0) is 51.4 Å². The molecule has 20 heavy (non-hydrogen) atoms. The van der Waals surface area contributed by atoms with Crippen LogP contribution in [0.15, 0.2) is 22.7 Å². The molecule has 0 spiro atoms. The Morgan fingerprint density at radius 2 is 2.05 bits per heavy atom. The van der Waals surface area contributed by atoms with Crippen LogP contribution >= 0.6 is 15.9 Å². The van der Waals surface area contributed by atoms with Crippen LogP contribution in [0.25, 0.3) is 0 Å². The average molecular weight is 343 g/mol. The Balaban J connectivity index is 2.82. The molecule has 0 saturated heterocycles. The molecule has 0 radical (unpaired) electrons. The van der Waals surface area contributed by atoms with Gasteiger partial charge in [0.05, 0.1) is 5.60 Å². The Hall–Kier alpha value is -0.580. The number of benzene rings is 1. The number of nitrogens with zero attached hydrogens (tertiary/aromatic N) is 1. The van der Waals surface area contributed by atoms with Crippen molar-refractivity contribution in [2.75, 3.05) is 25.0 Å². The van der Waals surface area contributed by atoms with E-state index in [0.29, 0.717) is 12.6 Å². The zero-order valence-corrected chi connectivity index (χ0v) is 14.8. The molecular formula is C16H27BrN2O. The molecule has 114 valence electrons. The number of anilines is 1. The van der Waals surface area contributed by atoms with Gasteiger partial charge in [-0.15, -0.1) is 0 Å². The van der Waals surface area contributed by atoms with Crippen LogP contribution in [-0.2, 0) is 0 Å². The summed E-state index contributed by atoms with van der Waals surface area (Å²) >= 11 is 3.66. The van der Waals surface area contributed by atoms with E-state index in [2.05, 4.69) is 58.2 Å². The second kappa shape index (κ2) is 7.43. The maximum Gasteiger partial charge on any atom is 0.0765 e. The van der Waals surface area contributed by atoms with Gasteiger partial charge in [0.1, 0.15) is 0 Å². The fourth-order valence-electron chi connectivity index (χ4n) is 2.25. The summed E-state index contributed by atoms with van der Waals surface area (Å²) in [6, 6.07) is 6.70. The van der Waals surface area contributed by atoms with Gasteiger partial charge in [-0.3, -0.25) is 0 Å². The maximum atomic E-state index is 9.90. The van der Waals surface area contributed by atoms with Crippen molar-refractivity contribution in [1.29, 1.82) is 0 Å². The van der Waals surface area contributed by atoms with Crippen molar-refractivity contribution in [2.24, 2.45) is 0 Å². The summed E-state index contributed by atoms with van der Waals surface area (Å²) in [5, 5.41) is 13.4. The quantitative estimate of drug-likeness (QED) is 0.792. The second-order valence-electron chi connectivity index (χ2n) is 6.05. The van der Waals surface area contributed by atoms with Crippen LogP contribution in [0.2, 0.25) is 0 Å². The fraction of sp³-hybridized carbons (Fsp3) is 0.625. The first kappa shape index (κ1) is 17.5. The highest BCUT2D eigenvalue weighted by molar-refractivity contribution is 9.10. The highest BCUT2D eigenvalue weighted by Crippen LogP contribution is 2.28. The number of hydrogen-bond donors (Lipinski definition) is 2. The van der Waals surface area contributed by atoms with Gasteiger partial charge in [0, 0.05) is 29.8 Å². The van der Waals surface area contributed by atoms with Crippen LogP contribution in [0, 0.1) is 0 Å². The minimum Gasteiger partial charge on any atom is -0.389 e. The van der Waals surface area contributed by atoms with Crippen LogP contribution in [0.5, 0.6) is 0 Å². The third kappa shape index (κ3) is 5.43. The second-order valence-corrected chi connectivity index (χ2v) is 6.90. The Kier molecular flexibility index (Phi) is 6.49. The summed E-state index contributed by atoms with van der Waals surface area (Å²) in [7, 11) is 2.00. The SMILES string of the molecule is CCCNC(C)c1ccc(N(C)CC(C)(C)O)cc1Br. The van der Waals surface area contributed by atoms with Crippen molar-refractivity contribution in [3.05, 3.63) is 28.2 Å². The number of halogens is 1. The molecule has 0 heterocycles. The van der Waals surface area contributed by atoms with E-state index in [1.165, 1.54) is 5.56 Å². The van der Waals surface area contributed by atoms with Crippen molar-refractivity contribution >= 4 is 21.6 Å². The highest BCUT2D eigenvalue weighted by Gasteiger charge is 2.17. The predicted octanol–water partition coefficient (Wildman–Crippen LogP) is 3.72. The molecule has 0 aromatic heterocycles. The Labute approximate surface area is 131 Å². The largest absolute Gasteiger partial charge is 0.389 e. The minimum absolute atomic E-state index is 0.331. The normalized spacial score (nSPS) is 13.3. The summed E-state index contributed by atoms with van der Waals surface area (Å²) in [4.78, 5) is 2.07. The first-order chi connectivity index (χ1) is 9.24. The summed E-state index contributed by atoms with van der Waals surface area (Å²) < 4.78 is 1.11. The lowest BCUT2D eigenvalue weighted by molar-refractivity contribution is 0.0886. The van der Waals surface area contributed by atoms with Gasteiger partial charge in [-0.1, -0.05) is 28.9 Å². The Morgan fingerprint density at radius 1 is 1.40 bits per heavy atom. The van der Waals surface area contributed by atoms with Crippen LogP contribution in [0.3, 0.4) is 0 Å². The number of nitrogens with one attached hydrogen (secondary N) is 1. The van der Waals surface area contributed by atoms with Crippen molar-refractivity contribution in [2.45, 2.75) is 45.8 Å². The van der Waals surface area contributed by atoms with E-state index in [0.717, 1.165) is 23.1 Å². The number of hydrogen-bond acceptors (Lipinski definition) is 3. The third-order valence-corrected chi connectivity index (χ3v) is 3.90. The van der Waals surface area contributed by atoms with Gasteiger partial charge >= 0.3 is 0 Å². The lowest BCUT2D eigenvalue weighted by Crippen LogP contribution is -2.36. The van der Waals surface area contributed by atoms with Crippen molar-refractivity contribution in [3.8, 4) is 0 Å². The van der Waals surface area contributed by atoms with E-state index in [1.54, 1.807) is 0 Å².